The van der Waals surface area contributed by atoms with Crippen LogP contribution in [-0.4, -0.2) is 28.8 Å². The lowest BCUT2D eigenvalue weighted by Gasteiger charge is -2.13. The number of hydrogen-bond acceptors (Lipinski definition) is 3. The first-order valence-electron chi connectivity index (χ1n) is 6.85. The predicted octanol–water partition coefficient (Wildman–Crippen LogP) is 1.98. The number of rotatable bonds is 5. The quantitative estimate of drug-likeness (QED) is 0.803. The van der Waals surface area contributed by atoms with Crippen LogP contribution in [0, 0.1) is 13.8 Å². The molecule has 1 atom stereocenters. The number of aryl methyl sites for hydroxylation is 2. The van der Waals surface area contributed by atoms with Crippen molar-refractivity contribution in [2.24, 2.45) is 0 Å². The highest BCUT2D eigenvalue weighted by Crippen LogP contribution is 2.23. The first-order valence-corrected chi connectivity index (χ1v) is 6.33. The van der Waals surface area contributed by atoms with Gasteiger partial charge >= 0.3 is 5.97 Å². The molecule has 2 N–H and O–H groups in total. The minimum absolute atomic E-state index is 0.0566. The lowest BCUT2D eigenvalue weighted by Crippen LogP contribution is -2.41. The third kappa shape index (κ3) is 4.41. The molecular formula is C13H17NO3S. The SMILES string of the molecule is [2H]C([2H])([2H])C(=O)NC(CSc1ccc(C)cc1C)C(=O)O. The Bertz CT molecular complexity index is 546. The number of nitrogens with one attached hydrogen (secondary N) is 1. The number of amides is 1. The van der Waals surface area contributed by atoms with Crippen LogP contribution < -0.4 is 5.32 Å². The second-order valence-electron chi connectivity index (χ2n) is 3.94. The van der Waals surface area contributed by atoms with Gasteiger partial charge in [-0.25, -0.2) is 4.79 Å². The monoisotopic (exact) mass is 270 g/mol. The Morgan fingerprint density at radius 3 is 2.78 bits per heavy atom. The van der Waals surface area contributed by atoms with Gasteiger partial charge in [0.25, 0.3) is 0 Å². The Morgan fingerprint density at radius 2 is 2.22 bits per heavy atom. The molecule has 0 aromatic heterocycles. The zero-order chi connectivity index (χ0) is 16.2. The fraction of sp³-hybridized carbons (Fsp3) is 0.385. The fourth-order valence-electron chi connectivity index (χ4n) is 1.47. The average molecular weight is 270 g/mol. The molecule has 0 saturated carbocycles. The summed E-state index contributed by atoms with van der Waals surface area (Å²) in [6, 6.07) is 4.51. The van der Waals surface area contributed by atoms with E-state index in [1.54, 1.807) is 0 Å². The highest BCUT2D eigenvalue weighted by molar-refractivity contribution is 7.99. The summed E-state index contributed by atoms with van der Waals surface area (Å²) < 4.78 is 20.8. The standard InChI is InChI=1S/C13H17NO3S/c1-8-4-5-12(9(2)6-8)18-7-11(13(16)17)14-10(3)15/h4-6,11H,7H2,1-3H3,(H,14,15)(H,16,17)/i3D3. The lowest BCUT2D eigenvalue weighted by molar-refractivity contribution is -0.140. The lowest BCUT2D eigenvalue weighted by atomic mass is 10.2. The number of carboxylic acids is 1. The molecule has 0 heterocycles. The summed E-state index contributed by atoms with van der Waals surface area (Å²) in [6.07, 6.45) is 0. The van der Waals surface area contributed by atoms with Crippen molar-refractivity contribution in [2.45, 2.75) is 31.6 Å². The minimum atomic E-state index is -2.85. The molecule has 0 spiro atoms. The predicted molar refractivity (Wildman–Crippen MR) is 71.9 cm³/mol. The molecule has 4 nitrogen and oxygen atoms in total. The van der Waals surface area contributed by atoms with E-state index in [1.165, 1.54) is 11.8 Å². The third-order valence-electron chi connectivity index (χ3n) is 2.34. The van der Waals surface area contributed by atoms with E-state index in [0.29, 0.717) is 0 Å². The van der Waals surface area contributed by atoms with Crippen LogP contribution in [0.2, 0.25) is 0 Å². The maximum Gasteiger partial charge on any atom is 0.327 e. The largest absolute Gasteiger partial charge is 0.480 e. The van der Waals surface area contributed by atoms with E-state index in [1.807, 2.05) is 37.4 Å². The molecule has 98 valence electrons. The number of carboxylic acid groups (broad SMARTS) is 1. The number of aliphatic carboxylic acids is 1. The molecule has 1 aromatic rings. The first kappa shape index (κ1) is 10.4. The van der Waals surface area contributed by atoms with Gasteiger partial charge in [0.1, 0.15) is 6.04 Å². The molecule has 1 unspecified atom stereocenters. The number of hydrogen-bond donors (Lipinski definition) is 2. The van der Waals surface area contributed by atoms with Gasteiger partial charge in [0.2, 0.25) is 5.91 Å². The molecule has 0 saturated heterocycles. The van der Waals surface area contributed by atoms with Crippen LogP contribution in [0.3, 0.4) is 0 Å². The molecule has 0 bridgehead atoms. The topological polar surface area (TPSA) is 66.4 Å². The van der Waals surface area contributed by atoms with Crippen LogP contribution in [0.1, 0.15) is 22.1 Å². The Kier molecular flexibility index (Phi) is 3.74. The van der Waals surface area contributed by atoms with Crippen molar-refractivity contribution in [3.8, 4) is 0 Å². The summed E-state index contributed by atoms with van der Waals surface area (Å²) in [7, 11) is 0. The van der Waals surface area contributed by atoms with E-state index in [0.717, 1.165) is 16.0 Å². The van der Waals surface area contributed by atoms with Gasteiger partial charge in [0.05, 0.1) is 0 Å². The first-order chi connectivity index (χ1) is 9.61. The third-order valence-corrected chi connectivity index (χ3v) is 3.61. The number of thioether (sulfide) groups is 1. The van der Waals surface area contributed by atoms with Crippen molar-refractivity contribution in [1.82, 2.24) is 5.32 Å². The fourth-order valence-corrected chi connectivity index (χ4v) is 2.49. The Labute approximate surface area is 115 Å². The van der Waals surface area contributed by atoms with E-state index < -0.39 is 24.8 Å². The molecule has 0 aliphatic heterocycles. The van der Waals surface area contributed by atoms with E-state index in [4.69, 9.17) is 9.22 Å². The summed E-state index contributed by atoms with van der Waals surface area (Å²) in [5, 5.41) is 11.1. The maximum absolute atomic E-state index is 11.4. The molecule has 1 amide bonds. The van der Waals surface area contributed by atoms with Crippen LogP contribution in [0.4, 0.5) is 0 Å². The summed E-state index contributed by atoms with van der Waals surface area (Å²) in [4.78, 5) is 23.4. The maximum atomic E-state index is 11.4. The molecule has 0 fully saturated rings. The second-order valence-corrected chi connectivity index (χ2v) is 5.01. The Morgan fingerprint density at radius 1 is 1.50 bits per heavy atom. The molecule has 1 rings (SSSR count). The molecule has 18 heavy (non-hydrogen) atoms. The second kappa shape index (κ2) is 6.44. The van der Waals surface area contributed by atoms with Gasteiger partial charge in [-0.15, -0.1) is 11.8 Å². The summed E-state index contributed by atoms with van der Waals surface area (Å²) in [5.74, 6) is -2.46. The van der Waals surface area contributed by atoms with Gasteiger partial charge in [-0.3, -0.25) is 4.79 Å². The van der Waals surface area contributed by atoms with Crippen molar-refractivity contribution in [3.63, 3.8) is 0 Å². The average Bonchev–Trinajstić information content (AvgIpc) is 2.34. The van der Waals surface area contributed by atoms with Crippen molar-refractivity contribution >= 4 is 23.6 Å². The van der Waals surface area contributed by atoms with E-state index >= 15 is 0 Å². The number of carbonyl (C=O) groups excluding carboxylic acids is 1. The molecule has 0 aliphatic rings. The van der Waals surface area contributed by atoms with Crippen molar-refractivity contribution in [2.75, 3.05) is 5.75 Å². The Hall–Kier alpha value is -1.49. The normalized spacial score (nSPS) is 15.1. The highest BCUT2D eigenvalue weighted by atomic mass is 32.2. The van der Waals surface area contributed by atoms with Gasteiger partial charge in [0, 0.05) is 21.6 Å². The zero-order valence-corrected chi connectivity index (χ0v) is 11.0. The smallest absolute Gasteiger partial charge is 0.327 e. The molecule has 0 radical (unpaired) electrons. The summed E-state index contributed by atoms with van der Waals surface area (Å²) in [6.45, 7) is 1.02. The van der Waals surface area contributed by atoms with Crippen LogP contribution in [-0.2, 0) is 9.59 Å². The molecule has 0 aliphatic carbocycles. The van der Waals surface area contributed by atoms with Crippen LogP contribution in [0.15, 0.2) is 23.1 Å². The minimum Gasteiger partial charge on any atom is -0.480 e. The van der Waals surface area contributed by atoms with Crippen LogP contribution >= 0.6 is 11.8 Å². The zero-order valence-electron chi connectivity index (χ0n) is 13.2. The number of carbonyl (C=O) groups is 2. The van der Waals surface area contributed by atoms with Crippen molar-refractivity contribution < 1.29 is 18.8 Å². The van der Waals surface area contributed by atoms with Gasteiger partial charge in [-0.05, 0) is 25.5 Å². The number of benzene rings is 1. The van der Waals surface area contributed by atoms with Gasteiger partial charge < -0.3 is 10.4 Å². The summed E-state index contributed by atoms with van der Waals surface area (Å²) in [5.41, 5.74) is 2.11. The van der Waals surface area contributed by atoms with Crippen molar-refractivity contribution in [3.05, 3.63) is 29.3 Å². The summed E-state index contributed by atoms with van der Waals surface area (Å²) >= 11 is 1.27. The van der Waals surface area contributed by atoms with Gasteiger partial charge in [0.15, 0.2) is 0 Å². The van der Waals surface area contributed by atoms with Crippen LogP contribution in [0.25, 0.3) is 0 Å². The van der Waals surface area contributed by atoms with E-state index in [-0.39, 0.29) is 5.75 Å². The molecule has 5 heteroatoms. The van der Waals surface area contributed by atoms with Crippen molar-refractivity contribution in [1.29, 1.82) is 0 Å². The van der Waals surface area contributed by atoms with E-state index in [2.05, 4.69) is 0 Å². The van der Waals surface area contributed by atoms with Gasteiger partial charge in [-0.1, -0.05) is 17.7 Å². The highest BCUT2D eigenvalue weighted by Gasteiger charge is 2.18. The van der Waals surface area contributed by atoms with Crippen LogP contribution in [0.5, 0.6) is 0 Å². The molecule has 1 aromatic carbocycles. The molecular weight excluding hydrogens is 250 g/mol. The van der Waals surface area contributed by atoms with E-state index in [9.17, 15) is 9.59 Å². The Balaban J connectivity index is 2.72. The van der Waals surface area contributed by atoms with Gasteiger partial charge in [-0.2, -0.15) is 0 Å².